The summed E-state index contributed by atoms with van der Waals surface area (Å²) in [6.45, 7) is 8.94. The van der Waals surface area contributed by atoms with Crippen LogP contribution in [-0.2, 0) is 0 Å². The smallest absolute Gasteiger partial charge is 0.205 e. The molecule has 0 aliphatic heterocycles. The number of hydrogen-bond donors (Lipinski definition) is 0. The first-order chi connectivity index (χ1) is 26.1. The first-order valence-corrected chi connectivity index (χ1v) is 19.1. The van der Waals surface area contributed by atoms with Crippen molar-refractivity contribution < 1.29 is 4.58 Å². The van der Waals surface area contributed by atoms with Crippen molar-refractivity contribution in [1.82, 2.24) is 0 Å². The topological polar surface area (TPSA) is 33.3 Å². The van der Waals surface area contributed by atoms with Crippen LogP contribution in [0.15, 0.2) is 175 Å². The van der Waals surface area contributed by atoms with Gasteiger partial charge in [0.15, 0.2) is 0 Å². The first kappa shape index (κ1) is 35.2. The van der Waals surface area contributed by atoms with Gasteiger partial charge in [0.2, 0.25) is 11.4 Å². The van der Waals surface area contributed by atoms with Crippen molar-refractivity contribution in [2.45, 2.75) is 20.8 Å². The third kappa shape index (κ3) is 7.28. The highest BCUT2D eigenvalue weighted by Crippen LogP contribution is 2.49. The first-order valence-electron chi connectivity index (χ1n) is 18.3. The lowest BCUT2D eigenvalue weighted by molar-refractivity contribution is -0.434. The molecule has 0 amide bonds. The van der Waals surface area contributed by atoms with Gasteiger partial charge in [0.1, 0.15) is 17.6 Å². The summed E-state index contributed by atoms with van der Waals surface area (Å²) in [7, 11) is 0. The minimum atomic E-state index is 0.690. The maximum absolute atomic E-state index is 11.0. The van der Waals surface area contributed by atoms with Crippen LogP contribution in [0.25, 0.3) is 16.7 Å². The van der Waals surface area contributed by atoms with E-state index in [0.717, 1.165) is 85.8 Å². The van der Waals surface area contributed by atoms with E-state index in [4.69, 9.17) is 0 Å². The van der Waals surface area contributed by atoms with Gasteiger partial charge < -0.3 is 9.80 Å². The van der Waals surface area contributed by atoms with Gasteiger partial charge in [-0.25, -0.2) is 0 Å². The van der Waals surface area contributed by atoms with E-state index in [1.165, 1.54) is 0 Å². The molecule has 4 nitrogen and oxygen atoms in total. The van der Waals surface area contributed by atoms with Crippen molar-refractivity contribution in [2.75, 3.05) is 29.4 Å². The zero-order chi connectivity index (χ0) is 36.6. The lowest BCUT2D eigenvalue weighted by atomic mass is 9.90. The Hall–Kier alpha value is -6.22. The summed E-state index contributed by atoms with van der Waals surface area (Å²) in [5.41, 5.74) is 11.6. The van der Waals surface area contributed by atoms with Crippen LogP contribution >= 0.6 is 11.3 Å². The Morgan fingerprint density at radius 3 is 1.64 bits per heavy atom. The molecule has 0 radical (unpaired) electrons. The van der Waals surface area contributed by atoms with Gasteiger partial charge in [-0.3, -0.25) is 0 Å². The highest BCUT2D eigenvalue weighted by molar-refractivity contribution is 7.18. The standard InChI is InChI=1S/C48H43N4S/c1-4-50(39-21-13-8-14-22-39)42-31-27-37(28-32-42)45(38-29-33-43(34-30-38)51(5-2)40-23-15-9-16-24-40)47-46(36-19-11-7-12-20-36)44(35-49)48(53-47)52(6-3)41-25-17-10-18-26-41/h7-34H,4-6H2,1-3H3/q+1. The summed E-state index contributed by atoms with van der Waals surface area (Å²) in [4.78, 5) is 5.66. The number of thiophene rings is 1. The Kier molecular flexibility index (Phi) is 10.9. The highest BCUT2D eigenvalue weighted by atomic mass is 32.1. The number of anilines is 4. The average molecular weight is 708 g/mol. The number of nitriles is 1. The molecule has 0 unspecified atom stereocenters. The minimum absolute atomic E-state index is 0.690. The molecule has 53 heavy (non-hydrogen) atoms. The van der Waals surface area contributed by atoms with Crippen LogP contribution in [0.3, 0.4) is 0 Å². The van der Waals surface area contributed by atoms with Crippen molar-refractivity contribution in [3.63, 3.8) is 0 Å². The Bertz CT molecular complexity index is 2310. The second-order valence-corrected chi connectivity index (χ2v) is 13.7. The molecule has 6 aromatic rings. The lowest BCUT2D eigenvalue weighted by Gasteiger charge is -2.24. The highest BCUT2D eigenvalue weighted by Gasteiger charge is 2.28. The van der Waals surface area contributed by atoms with Gasteiger partial charge in [-0.05, 0) is 86.0 Å². The fourth-order valence-electron chi connectivity index (χ4n) is 7.11. The molecule has 0 saturated carbocycles. The van der Waals surface area contributed by atoms with Crippen LogP contribution in [0.4, 0.5) is 27.8 Å². The molecule has 0 saturated heterocycles. The van der Waals surface area contributed by atoms with Gasteiger partial charge in [0, 0.05) is 70.5 Å². The molecule has 0 fully saturated rings. The summed E-state index contributed by atoms with van der Waals surface area (Å²) >= 11 is 1.70. The number of nitrogens with zero attached hydrogens (tertiary/aromatic N) is 4. The molecule has 0 spiro atoms. The van der Waals surface area contributed by atoms with Gasteiger partial charge in [-0.2, -0.15) is 9.84 Å². The van der Waals surface area contributed by atoms with Crippen LogP contribution < -0.4 is 9.80 Å². The van der Waals surface area contributed by atoms with E-state index in [1.807, 2.05) is 12.1 Å². The molecule has 5 aromatic carbocycles. The molecule has 1 heterocycles. The third-order valence-electron chi connectivity index (χ3n) is 9.62. The van der Waals surface area contributed by atoms with E-state index in [0.29, 0.717) is 5.56 Å². The normalized spacial score (nSPS) is 12.0. The minimum Gasteiger partial charge on any atom is -0.342 e. The molecule has 0 N–H and O–H groups in total. The predicted octanol–water partition coefficient (Wildman–Crippen LogP) is 12.3. The molecular weight excluding hydrogens is 665 g/mol. The summed E-state index contributed by atoms with van der Waals surface area (Å²) in [5, 5.41) is 11.9. The number of allylic oxidation sites excluding steroid dienone is 5. The van der Waals surface area contributed by atoms with Crippen molar-refractivity contribution >= 4 is 50.4 Å². The van der Waals surface area contributed by atoms with Crippen LogP contribution in [-0.4, -0.2) is 29.9 Å². The number of hydrogen-bond acceptors (Lipinski definition) is 4. The second kappa shape index (κ2) is 16.4. The number of rotatable bonds is 11. The Labute approximate surface area is 317 Å². The van der Waals surface area contributed by atoms with Gasteiger partial charge in [-0.1, -0.05) is 97.1 Å². The maximum Gasteiger partial charge on any atom is 0.205 e. The molecule has 7 rings (SSSR count). The lowest BCUT2D eigenvalue weighted by Crippen LogP contribution is -2.15. The molecule has 1 aliphatic carbocycles. The fraction of sp³-hybridized carbons (Fsp3) is 0.125. The van der Waals surface area contributed by atoms with E-state index in [2.05, 4.69) is 199 Å². The van der Waals surface area contributed by atoms with E-state index in [1.54, 1.807) is 11.3 Å². The molecule has 5 heteroatoms. The maximum atomic E-state index is 11.0. The Morgan fingerprint density at radius 2 is 1.11 bits per heavy atom. The predicted molar refractivity (Wildman–Crippen MR) is 225 cm³/mol. The SMILES string of the molecule is CCN(c1ccccc1)c1ccc(C(=C2C=CC(=[N+](CC)c3ccccc3)C=C2)c2sc(N(CC)c3ccccc3)c(C#N)c2-c2ccccc2)cc1. The second-order valence-electron chi connectivity index (χ2n) is 12.7. The van der Waals surface area contributed by atoms with Crippen molar-refractivity contribution in [1.29, 1.82) is 5.26 Å². The van der Waals surface area contributed by atoms with Gasteiger partial charge in [0.25, 0.3) is 0 Å². The molecule has 0 atom stereocenters. The van der Waals surface area contributed by atoms with Gasteiger partial charge >= 0.3 is 0 Å². The van der Waals surface area contributed by atoms with Gasteiger partial charge in [-0.15, -0.1) is 11.3 Å². The molecule has 0 bridgehead atoms. The van der Waals surface area contributed by atoms with Crippen molar-refractivity contribution in [3.8, 4) is 17.2 Å². The molecule has 260 valence electrons. The van der Waals surface area contributed by atoms with Crippen LogP contribution in [0.2, 0.25) is 0 Å². The van der Waals surface area contributed by atoms with E-state index >= 15 is 0 Å². The fourth-order valence-corrected chi connectivity index (χ4v) is 8.56. The van der Waals surface area contributed by atoms with E-state index in [-0.39, 0.29) is 0 Å². The van der Waals surface area contributed by atoms with Crippen molar-refractivity contribution in [2.24, 2.45) is 0 Å². The monoisotopic (exact) mass is 707 g/mol. The molecular formula is C48H43N4S+. The number of benzene rings is 5. The van der Waals surface area contributed by atoms with E-state index < -0.39 is 0 Å². The average Bonchev–Trinajstić information content (AvgIpc) is 3.60. The Morgan fingerprint density at radius 1 is 0.604 bits per heavy atom. The summed E-state index contributed by atoms with van der Waals surface area (Å²) in [5.74, 6) is 0. The molecule has 1 aliphatic rings. The zero-order valence-electron chi connectivity index (χ0n) is 30.5. The summed E-state index contributed by atoms with van der Waals surface area (Å²) in [6, 6.07) is 53.4. The molecule has 1 aromatic heterocycles. The Balaban J connectivity index is 1.46. The van der Waals surface area contributed by atoms with Crippen LogP contribution in [0, 0.1) is 11.3 Å². The third-order valence-corrected chi connectivity index (χ3v) is 10.9. The van der Waals surface area contributed by atoms with Crippen molar-refractivity contribution in [3.05, 3.63) is 191 Å². The van der Waals surface area contributed by atoms with E-state index in [9.17, 15) is 5.26 Å². The quantitative estimate of drug-likeness (QED) is 0.126. The van der Waals surface area contributed by atoms with Crippen LogP contribution in [0.1, 0.15) is 36.8 Å². The largest absolute Gasteiger partial charge is 0.342 e. The number of para-hydroxylation sites is 3. The summed E-state index contributed by atoms with van der Waals surface area (Å²) in [6.07, 6.45) is 8.92. The van der Waals surface area contributed by atoms with Gasteiger partial charge in [0.05, 0.1) is 5.56 Å². The summed E-state index contributed by atoms with van der Waals surface area (Å²) < 4.78 is 2.33. The van der Waals surface area contributed by atoms with Crippen LogP contribution in [0.5, 0.6) is 0 Å². The zero-order valence-corrected chi connectivity index (χ0v) is 31.3.